The summed E-state index contributed by atoms with van der Waals surface area (Å²) in [5.74, 6) is 2.26. The molecule has 1 aromatic heterocycles. The molecule has 1 heterocycles. The maximum absolute atomic E-state index is 9.21. The number of hydrogen-bond acceptors (Lipinski definition) is 4. The molecular formula is C13H18ClN3O. The van der Waals surface area contributed by atoms with E-state index in [2.05, 4.69) is 14.9 Å². The number of aliphatic hydroxyl groups is 1. The van der Waals surface area contributed by atoms with Crippen LogP contribution in [0.3, 0.4) is 0 Å². The highest BCUT2D eigenvalue weighted by molar-refractivity contribution is 6.29. The van der Waals surface area contributed by atoms with Gasteiger partial charge < -0.3 is 10.0 Å². The van der Waals surface area contributed by atoms with Crippen molar-refractivity contribution in [1.82, 2.24) is 9.97 Å². The lowest BCUT2D eigenvalue weighted by Gasteiger charge is -2.38. The van der Waals surface area contributed by atoms with Crippen molar-refractivity contribution < 1.29 is 5.11 Å². The van der Waals surface area contributed by atoms with E-state index in [0.29, 0.717) is 23.7 Å². The molecular weight excluding hydrogens is 250 g/mol. The minimum Gasteiger partial charge on any atom is -0.395 e. The van der Waals surface area contributed by atoms with Crippen LogP contribution in [0.15, 0.2) is 6.07 Å². The Morgan fingerprint density at radius 3 is 2.61 bits per heavy atom. The minimum absolute atomic E-state index is 0.150. The number of halogens is 1. The van der Waals surface area contributed by atoms with Crippen molar-refractivity contribution in [3.63, 3.8) is 0 Å². The molecule has 0 aromatic carbocycles. The summed E-state index contributed by atoms with van der Waals surface area (Å²) in [6.45, 7) is 0.777. The molecule has 2 aliphatic carbocycles. The molecule has 0 aliphatic heterocycles. The Kier molecular flexibility index (Phi) is 3.39. The fraction of sp³-hybridized carbons (Fsp3) is 0.692. The van der Waals surface area contributed by atoms with E-state index in [9.17, 15) is 5.11 Å². The van der Waals surface area contributed by atoms with Gasteiger partial charge in [-0.2, -0.15) is 0 Å². The highest BCUT2D eigenvalue weighted by Gasteiger charge is 2.30. The molecule has 18 heavy (non-hydrogen) atoms. The van der Waals surface area contributed by atoms with E-state index in [-0.39, 0.29) is 6.61 Å². The van der Waals surface area contributed by atoms with Crippen LogP contribution >= 0.6 is 11.6 Å². The van der Waals surface area contributed by atoms with E-state index < -0.39 is 0 Å². The number of anilines is 1. The zero-order valence-corrected chi connectivity index (χ0v) is 11.1. The van der Waals surface area contributed by atoms with Gasteiger partial charge in [-0.3, -0.25) is 0 Å². The van der Waals surface area contributed by atoms with Gasteiger partial charge in [-0.05, 0) is 32.1 Å². The Balaban J connectivity index is 1.87. The standard InChI is InChI=1S/C13H18ClN3O/c14-11-8-12(16-13(15-11)9-4-5-9)17(6-7-18)10-2-1-3-10/h8-10,18H,1-7H2. The molecule has 1 N–H and O–H groups in total. The first kappa shape index (κ1) is 12.2. The summed E-state index contributed by atoms with van der Waals surface area (Å²) < 4.78 is 0. The molecule has 0 amide bonds. The minimum atomic E-state index is 0.150. The van der Waals surface area contributed by atoms with Crippen LogP contribution in [0.25, 0.3) is 0 Å². The monoisotopic (exact) mass is 267 g/mol. The average molecular weight is 268 g/mol. The quantitative estimate of drug-likeness (QED) is 0.832. The molecule has 4 nitrogen and oxygen atoms in total. The fourth-order valence-electron chi connectivity index (χ4n) is 2.38. The van der Waals surface area contributed by atoms with Gasteiger partial charge in [-0.1, -0.05) is 11.6 Å². The van der Waals surface area contributed by atoms with Crippen LogP contribution in [-0.4, -0.2) is 34.3 Å². The predicted molar refractivity (Wildman–Crippen MR) is 71.1 cm³/mol. The summed E-state index contributed by atoms with van der Waals surface area (Å²) in [5, 5.41) is 9.73. The Bertz CT molecular complexity index is 432. The van der Waals surface area contributed by atoms with Gasteiger partial charge in [0.1, 0.15) is 16.8 Å². The smallest absolute Gasteiger partial charge is 0.135 e. The molecule has 0 unspecified atom stereocenters. The van der Waals surface area contributed by atoms with Gasteiger partial charge in [0.2, 0.25) is 0 Å². The van der Waals surface area contributed by atoms with E-state index in [1.54, 1.807) is 0 Å². The molecule has 2 fully saturated rings. The third-order valence-corrected chi connectivity index (χ3v) is 3.99. The third-order valence-electron chi connectivity index (χ3n) is 3.79. The zero-order chi connectivity index (χ0) is 12.5. The van der Waals surface area contributed by atoms with Crippen molar-refractivity contribution in [3.8, 4) is 0 Å². The predicted octanol–water partition coefficient (Wildman–Crippen LogP) is 2.36. The highest BCUT2D eigenvalue weighted by atomic mass is 35.5. The zero-order valence-electron chi connectivity index (χ0n) is 10.3. The maximum atomic E-state index is 9.21. The molecule has 2 aliphatic rings. The molecule has 0 bridgehead atoms. The molecule has 0 radical (unpaired) electrons. The van der Waals surface area contributed by atoms with Gasteiger partial charge in [0.15, 0.2) is 0 Å². The van der Waals surface area contributed by atoms with Gasteiger partial charge >= 0.3 is 0 Å². The van der Waals surface area contributed by atoms with Gasteiger partial charge in [-0.15, -0.1) is 0 Å². The second-order valence-electron chi connectivity index (χ2n) is 5.18. The van der Waals surface area contributed by atoms with Crippen molar-refractivity contribution in [2.24, 2.45) is 0 Å². The van der Waals surface area contributed by atoms with Crippen LogP contribution in [0.1, 0.15) is 43.8 Å². The van der Waals surface area contributed by atoms with Crippen molar-refractivity contribution in [2.75, 3.05) is 18.1 Å². The second kappa shape index (κ2) is 5.02. The number of hydrogen-bond donors (Lipinski definition) is 1. The summed E-state index contributed by atoms with van der Waals surface area (Å²) in [4.78, 5) is 11.1. The lowest BCUT2D eigenvalue weighted by Crippen LogP contribution is -2.42. The van der Waals surface area contributed by atoms with Crippen LogP contribution < -0.4 is 4.90 Å². The normalized spacial score (nSPS) is 19.7. The van der Waals surface area contributed by atoms with Gasteiger partial charge in [0, 0.05) is 24.6 Å². The van der Waals surface area contributed by atoms with Gasteiger partial charge in [0.25, 0.3) is 0 Å². The van der Waals surface area contributed by atoms with E-state index >= 15 is 0 Å². The van der Waals surface area contributed by atoms with Crippen LogP contribution in [0.2, 0.25) is 5.15 Å². The Hall–Kier alpha value is -0.870. The van der Waals surface area contributed by atoms with Gasteiger partial charge in [-0.25, -0.2) is 9.97 Å². The molecule has 98 valence electrons. The molecule has 2 saturated carbocycles. The largest absolute Gasteiger partial charge is 0.395 e. The Morgan fingerprint density at radius 2 is 2.06 bits per heavy atom. The number of aliphatic hydroxyl groups excluding tert-OH is 1. The van der Waals surface area contributed by atoms with Crippen LogP contribution in [0.5, 0.6) is 0 Å². The van der Waals surface area contributed by atoms with Crippen LogP contribution in [0, 0.1) is 0 Å². The van der Waals surface area contributed by atoms with E-state index in [1.807, 2.05) is 6.07 Å². The molecule has 1 aromatic rings. The van der Waals surface area contributed by atoms with Crippen molar-refractivity contribution >= 4 is 17.4 Å². The van der Waals surface area contributed by atoms with E-state index in [0.717, 1.165) is 11.6 Å². The summed E-state index contributed by atoms with van der Waals surface area (Å²) in [7, 11) is 0. The fourth-order valence-corrected chi connectivity index (χ4v) is 2.57. The maximum Gasteiger partial charge on any atom is 0.135 e. The Labute approximate surface area is 112 Å². The SMILES string of the molecule is OCCN(c1cc(Cl)nc(C2CC2)n1)C1CCC1. The summed E-state index contributed by atoms with van der Waals surface area (Å²) in [5.41, 5.74) is 0. The summed E-state index contributed by atoms with van der Waals surface area (Å²) in [6.07, 6.45) is 5.97. The third kappa shape index (κ3) is 2.45. The van der Waals surface area contributed by atoms with Crippen molar-refractivity contribution in [3.05, 3.63) is 17.0 Å². The average Bonchev–Trinajstić information content (AvgIpc) is 3.09. The van der Waals surface area contributed by atoms with Gasteiger partial charge in [0.05, 0.1) is 6.61 Å². The Morgan fingerprint density at radius 1 is 1.28 bits per heavy atom. The number of nitrogens with zero attached hydrogens (tertiary/aromatic N) is 3. The van der Waals surface area contributed by atoms with Crippen molar-refractivity contribution in [1.29, 1.82) is 0 Å². The van der Waals surface area contributed by atoms with Crippen LogP contribution in [-0.2, 0) is 0 Å². The summed E-state index contributed by atoms with van der Waals surface area (Å²) in [6, 6.07) is 2.33. The lowest BCUT2D eigenvalue weighted by molar-refractivity contribution is 0.283. The summed E-state index contributed by atoms with van der Waals surface area (Å²) >= 11 is 6.09. The van der Waals surface area contributed by atoms with Crippen LogP contribution in [0.4, 0.5) is 5.82 Å². The number of aromatic nitrogens is 2. The second-order valence-corrected chi connectivity index (χ2v) is 5.57. The molecule has 0 spiro atoms. The molecule has 0 atom stereocenters. The number of rotatable bonds is 5. The van der Waals surface area contributed by atoms with Crippen molar-refractivity contribution in [2.45, 2.75) is 44.1 Å². The molecule has 0 saturated heterocycles. The van der Waals surface area contributed by atoms with E-state index in [4.69, 9.17) is 11.6 Å². The first-order chi connectivity index (χ1) is 8.78. The first-order valence-corrected chi connectivity index (χ1v) is 7.07. The topological polar surface area (TPSA) is 49.2 Å². The lowest BCUT2D eigenvalue weighted by atomic mass is 9.91. The van der Waals surface area contributed by atoms with E-state index in [1.165, 1.54) is 32.1 Å². The first-order valence-electron chi connectivity index (χ1n) is 6.70. The highest BCUT2D eigenvalue weighted by Crippen LogP contribution is 2.39. The molecule has 3 rings (SSSR count). The molecule has 5 heteroatoms.